The smallest absolute Gasteiger partial charge is 0.0390 e. The lowest BCUT2D eigenvalue weighted by Gasteiger charge is -2.08. The molecule has 0 fully saturated rings. The second-order valence-electron chi connectivity index (χ2n) is 3.60. The van der Waals surface area contributed by atoms with Crippen molar-refractivity contribution in [1.29, 1.82) is 0 Å². The van der Waals surface area contributed by atoms with Gasteiger partial charge in [-0.3, -0.25) is 4.98 Å². The number of nitrogen functional groups attached to an aromatic ring is 1. The number of nitrogens with zero attached hydrogens (tertiary/aromatic N) is 1. The molecule has 0 bridgehead atoms. The second-order valence-corrected chi connectivity index (χ2v) is 3.60. The third-order valence-electron chi connectivity index (χ3n) is 1.81. The van der Waals surface area contributed by atoms with Crippen LogP contribution in [0, 0.1) is 5.92 Å². The molecule has 1 aromatic heterocycles. The van der Waals surface area contributed by atoms with E-state index in [4.69, 9.17) is 5.73 Å². The Balaban J connectivity index is 2.41. The number of anilines is 1. The molecular weight excluding hydrogens is 162 g/mol. The van der Waals surface area contributed by atoms with Crippen molar-refractivity contribution in [1.82, 2.24) is 10.3 Å². The Morgan fingerprint density at radius 1 is 1.54 bits per heavy atom. The molecule has 1 heterocycles. The summed E-state index contributed by atoms with van der Waals surface area (Å²) in [4.78, 5) is 4.02. The van der Waals surface area contributed by atoms with Gasteiger partial charge in [-0.1, -0.05) is 13.8 Å². The summed E-state index contributed by atoms with van der Waals surface area (Å²) < 4.78 is 0. The second kappa shape index (κ2) is 4.82. The fourth-order valence-corrected chi connectivity index (χ4v) is 1.08. The molecule has 0 atom stereocenters. The summed E-state index contributed by atoms with van der Waals surface area (Å²) in [7, 11) is 0. The highest BCUT2D eigenvalue weighted by molar-refractivity contribution is 5.44. The van der Waals surface area contributed by atoms with Gasteiger partial charge in [-0.25, -0.2) is 0 Å². The minimum Gasteiger partial charge on any atom is -0.398 e. The van der Waals surface area contributed by atoms with E-state index in [0.29, 0.717) is 5.92 Å². The van der Waals surface area contributed by atoms with Crippen molar-refractivity contribution in [2.75, 3.05) is 12.3 Å². The van der Waals surface area contributed by atoms with Crippen LogP contribution in [0.1, 0.15) is 19.4 Å². The third kappa shape index (κ3) is 3.42. The highest BCUT2D eigenvalue weighted by atomic mass is 14.9. The number of aromatic nitrogens is 1. The topological polar surface area (TPSA) is 50.9 Å². The van der Waals surface area contributed by atoms with E-state index >= 15 is 0 Å². The van der Waals surface area contributed by atoms with Gasteiger partial charge in [-0.05, 0) is 18.5 Å². The van der Waals surface area contributed by atoms with Crippen LogP contribution in [0.25, 0.3) is 0 Å². The number of nitrogens with two attached hydrogens (primary N) is 1. The normalized spacial score (nSPS) is 10.7. The molecule has 0 saturated carbocycles. The molecule has 0 radical (unpaired) electrons. The van der Waals surface area contributed by atoms with Gasteiger partial charge in [0, 0.05) is 30.2 Å². The van der Waals surface area contributed by atoms with Crippen LogP contribution in [0.3, 0.4) is 0 Å². The zero-order chi connectivity index (χ0) is 9.68. The largest absolute Gasteiger partial charge is 0.398 e. The Hall–Kier alpha value is -1.09. The lowest BCUT2D eigenvalue weighted by molar-refractivity contribution is 0.552. The molecule has 0 aromatic carbocycles. The average Bonchev–Trinajstić information content (AvgIpc) is 2.08. The van der Waals surface area contributed by atoms with Gasteiger partial charge in [0.05, 0.1) is 0 Å². The van der Waals surface area contributed by atoms with Crippen molar-refractivity contribution < 1.29 is 0 Å². The van der Waals surface area contributed by atoms with Crippen molar-refractivity contribution in [3.63, 3.8) is 0 Å². The minimum atomic E-state index is 0.665. The number of hydrogen-bond donors (Lipinski definition) is 2. The molecule has 0 unspecified atom stereocenters. The number of pyridine rings is 1. The van der Waals surface area contributed by atoms with Crippen molar-refractivity contribution in [3.05, 3.63) is 24.0 Å². The van der Waals surface area contributed by atoms with Crippen LogP contribution in [0.4, 0.5) is 5.69 Å². The van der Waals surface area contributed by atoms with Crippen LogP contribution in [0.2, 0.25) is 0 Å². The fourth-order valence-electron chi connectivity index (χ4n) is 1.08. The summed E-state index contributed by atoms with van der Waals surface area (Å²) in [6.07, 6.45) is 3.52. The average molecular weight is 179 g/mol. The number of rotatable bonds is 4. The molecule has 0 spiro atoms. The van der Waals surface area contributed by atoms with E-state index in [1.807, 2.05) is 12.3 Å². The zero-order valence-corrected chi connectivity index (χ0v) is 8.25. The minimum absolute atomic E-state index is 0.665. The zero-order valence-electron chi connectivity index (χ0n) is 8.25. The molecule has 1 rings (SSSR count). The van der Waals surface area contributed by atoms with Crippen molar-refractivity contribution in [3.8, 4) is 0 Å². The van der Waals surface area contributed by atoms with Crippen molar-refractivity contribution >= 4 is 5.69 Å². The van der Waals surface area contributed by atoms with Crippen LogP contribution >= 0.6 is 0 Å². The van der Waals surface area contributed by atoms with Gasteiger partial charge in [-0.2, -0.15) is 0 Å². The van der Waals surface area contributed by atoms with Crippen molar-refractivity contribution in [2.24, 2.45) is 5.92 Å². The molecule has 0 amide bonds. The van der Waals surface area contributed by atoms with Crippen molar-refractivity contribution in [2.45, 2.75) is 20.4 Å². The Morgan fingerprint density at radius 3 is 2.92 bits per heavy atom. The first-order valence-corrected chi connectivity index (χ1v) is 4.59. The summed E-state index contributed by atoms with van der Waals surface area (Å²) in [5, 5.41) is 3.32. The van der Waals surface area contributed by atoms with Gasteiger partial charge in [0.15, 0.2) is 0 Å². The van der Waals surface area contributed by atoms with E-state index in [1.165, 1.54) is 0 Å². The van der Waals surface area contributed by atoms with Crippen LogP contribution in [-0.4, -0.2) is 11.5 Å². The van der Waals surface area contributed by atoms with E-state index in [9.17, 15) is 0 Å². The van der Waals surface area contributed by atoms with Gasteiger partial charge >= 0.3 is 0 Å². The monoisotopic (exact) mass is 179 g/mol. The highest BCUT2D eigenvalue weighted by Crippen LogP contribution is 2.07. The lowest BCUT2D eigenvalue weighted by atomic mass is 10.2. The van der Waals surface area contributed by atoms with Gasteiger partial charge in [-0.15, -0.1) is 0 Å². The maximum Gasteiger partial charge on any atom is 0.0390 e. The van der Waals surface area contributed by atoms with Crippen LogP contribution in [0.5, 0.6) is 0 Å². The molecule has 3 heteroatoms. The van der Waals surface area contributed by atoms with Crippen LogP contribution in [-0.2, 0) is 6.54 Å². The van der Waals surface area contributed by atoms with Crippen LogP contribution < -0.4 is 11.1 Å². The Labute approximate surface area is 79.4 Å². The third-order valence-corrected chi connectivity index (χ3v) is 1.81. The summed E-state index contributed by atoms with van der Waals surface area (Å²) in [6, 6.07) is 1.83. The molecular formula is C10H17N3. The molecule has 13 heavy (non-hydrogen) atoms. The van der Waals surface area contributed by atoms with E-state index in [1.54, 1.807) is 6.20 Å². The van der Waals surface area contributed by atoms with Gasteiger partial charge in [0.25, 0.3) is 0 Å². The summed E-state index contributed by atoms with van der Waals surface area (Å²) >= 11 is 0. The summed E-state index contributed by atoms with van der Waals surface area (Å²) in [5.41, 5.74) is 7.64. The van der Waals surface area contributed by atoms with E-state index in [0.717, 1.165) is 24.3 Å². The standard InChI is InChI=1S/C10H17N3/c1-8(2)5-13-7-9-6-12-4-3-10(9)11/h3-4,6,8,13H,5,7H2,1-2H3,(H2,11,12). The molecule has 3 N–H and O–H groups in total. The molecule has 72 valence electrons. The molecule has 0 aliphatic heterocycles. The predicted octanol–water partition coefficient (Wildman–Crippen LogP) is 1.41. The summed E-state index contributed by atoms with van der Waals surface area (Å²) in [5.74, 6) is 0.665. The van der Waals surface area contributed by atoms with E-state index in [2.05, 4.69) is 24.1 Å². The molecule has 3 nitrogen and oxygen atoms in total. The Morgan fingerprint density at radius 2 is 2.31 bits per heavy atom. The molecule has 1 aromatic rings. The Kier molecular flexibility index (Phi) is 3.71. The first kappa shape index (κ1) is 9.99. The van der Waals surface area contributed by atoms with E-state index < -0.39 is 0 Å². The molecule has 0 saturated heterocycles. The Bertz CT molecular complexity index is 258. The lowest BCUT2D eigenvalue weighted by Crippen LogP contribution is -2.19. The SMILES string of the molecule is CC(C)CNCc1cnccc1N. The predicted molar refractivity (Wildman–Crippen MR) is 55.2 cm³/mol. The maximum absolute atomic E-state index is 5.76. The fraction of sp³-hybridized carbons (Fsp3) is 0.500. The highest BCUT2D eigenvalue weighted by Gasteiger charge is 1.98. The number of hydrogen-bond acceptors (Lipinski definition) is 3. The molecule has 0 aliphatic rings. The first-order chi connectivity index (χ1) is 6.20. The molecule has 0 aliphatic carbocycles. The van der Waals surface area contributed by atoms with Gasteiger partial charge < -0.3 is 11.1 Å². The van der Waals surface area contributed by atoms with E-state index in [-0.39, 0.29) is 0 Å². The van der Waals surface area contributed by atoms with Crippen LogP contribution in [0.15, 0.2) is 18.5 Å². The summed E-state index contributed by atoms with van der Waals surface area (Å²) in [6.45, 7) is 6.17. The number of nitrogens with one attached hydrogen (secondary N) is 1. The quantitative estimate of drug-likeness (QED) is 0.734. The van der Waals surface area contributed by atoms with Gasteiger partial charge in [0.1, 0.15) is 0 Å². The first-order valence-electron chi connectivity index (χ1n) is 4.59. The van der Waals surface area contributed by atoms with Gasteiger partial charge in [0.2, 0.25) is 0 Å². The maximum atomic E-state index is 5.76.